The number of carbonyl (C=O) groups excluding carboxylic acids is 1. The van der Waals surface area contributed by atoms with Crippen molar-refractivity contribution in [3.8, 4) is 5.75 Å². The first-order chi connectivity index (χ1) is 13.3. The minimum atomic E-state index is -3.14. The molecule has 2 aromatic carbocycles. The molecule has 3 rings (SSSR count). The van der Waals surface area contributed by atoms with Crippen LogP contribution >= 0.6 is 0 Å². The molecule has 2 aromatic rings. The molecule has 1 saturated heterocycles. The summed E-state index contributed by atoms with van der Waals surface area (Å²) in [5.41, 5.74) is 2.74. The van der Waals surface area contributed by atoms with E-state index in [9.17, 15) is 13.2 Å². The lowest BCUT2D eigenvalue weighted by atomic mass is 9.98. The zero-order valence-corrected chi connectivity index (χ0v) is 16.8. The zero-order chi connectivity index (χ0) is 20.1. The van der Waals surface area contributed by atoms with Crippen LogP contribution in [0.2, 0.25) is 0 Å². The van der Waals surface area contributed by atoms with Gasteiger partial charge >= 0.3 is 6.03 Å². The normalized spacial score (nSPS) is 17.3. The molecule has 1 aliphatic rings. The number of urea groups is 1. The van der Waals surface area contributed by atoms with Crippen molar-refractivity contribution in [3.63, 3.8) is 0 Å². The molecule has 1 fully saturated rings. The molecule has 1 heterocycles. The standard InChI is InChI=1S/C20H25N3O4S/c1-27-19-9-3-15(4-10-19)13-21-20(24)22-18-7-5-16(6-8-18)17-11-12-23(14-17)28(2,25)26/h3-10,17H,11-14H2,1-2H3,(H2,21,22,24)/t17-/m0/s1. The lowest BCUT2D eigenvalue weighted by Crippen LogP contribution is -2.28. The number of carbonyl (C=O) groups is 1. The third kappa shape index (κ3) is 5.24. The maximum absolute atomic E-state index is 12.1. The quantitative estimate of drug-likeness (QED) is 0.776. The molecule has 2 N–H and O–H groups in total. The number of nitrogens with zero attached hydrogens (tertiary/aromatic N) is 1. The van der Waals surface area contributed by atoms with Gasteiger partial charge < -0.3 is 15.4 Å². The summed E-state index contributed by atoms with van der Waals surface area (Å²) in [5.74, 6) is 0.961. The summed E-state index contributed by atoms with van der Waals surface area (Å²) < 4.78 is 29.9. The van der Waals surface area contributed by atoms with Gasteiger partial charge in [0.15, 0.2) is 0 Å². The van der Waals surface area contributed by atoms with Crippen LogP contribution in [0.3, 0.4) is 0 Å². The number of nitrogens with one attached hydrogen (secondary N) is 2. The van der Waals surface area contributed by atoms with Crippen LogP contribution in [0, 0.1) is 0 Å². The third-order valence-corrected chi connectivity index (χ3v) is 6.14. The van der Waals surface area contributed by atoms with Crippen molar-refractivity contribution >= 4 is 21.7 Å². The van der Waals surface area contributed by atoms with E-state index in [4.69, 9.17) is 4.74 Å². The SMILES string of the molecule is COc1ccc(CNC(=O)Nc2ccc([C@H]3CCN(S(C)(=O)=O)C3)cc2)cc1. The van der Waals surface area contributed by atoms with Crippen LogP contribution in [0.4, 0.5) is 10.5 Å². The van der Waals surface area contributed by atoms with Crippen LogP contribution in [-0.2, 0) is 16.6 Å². The monoisotopic (exact) mass is 403 g/mol. The summed E-state index contributed by atoms with van der Waals surface area (Å²) in [6.07, 6.45) is 2.05. The number of amides is 2. The molecule has 0 unspecified atom stereocenters. The number of hydrogen-bond acceptors (Lipinski definition) is 4. The van der Waals surface area contributed by atoms with Gasteiger partial charge in [-0.15, -0.1) is 0 Å². The van der Waals surface area contributed by atoms with E-state index in [1.54, 1.807) is 7.11 Å². The largest absolute Gasteiger partial charge is 0.497 e. The summed E-state index contributed by atoms with van der Waals surface area (Å²) in [7, 11) is -1.53. The predicted octanol–water partition coefficient (Wildman–Crippen LogP) is 2.77. The highest BCUT2D eigenvalue weighted by atomic mass is 32.2. The van der Waals surface area contributed by atoms with Gasteiger partial charge in [0.05, 0.1) is 13.4 Å². The second-order valence-electron chi connectivity index (χ2n) is 6.88. The van der Waals surface area contributed by atoms with E-state index in [1.807, 2.05) is 48.5 Å². The highest BCUT2D eigenvalue weighted by molar-refractivity contribution is 7.88. The van der Waals surface area contributed by atoms with Crippen LogP contribution in [0.25, 0.3) is 0 Å². The van der Waals surface area contributed by atoms with E-state index < -0.39 is 10.0 Å². The third-order valence-electron chi connectivity index (χ3n) is 4.87. The molecular weight excluding hydrogens is 378 g/mol. The Kier molecular flexibility index (Phi) is 6.21. The summed E-state index contributed by atoms with van der Waals surface area (Å²) in [4.78, 5) is 12.1. The summed E-state index contributed by atoms with van der Waals surface area (Å²) in [5, 5.41) is 5.62. The van der Waals surface area contributed by atoms with Gasteiger partial charge in [0.25, 0.3) is 0 Å². The number of sulfonamides is 1. The van der Waals surface area contributed by atoms with Gasteiger partial charge in [-0.05, 0) is 47.7 Å². The van der Waals surface area contributed by atoms with Gasteiger partial charge in [-0.2, -0.15) is 0 Å². The van der Waals surface area contributed by atoms with Crippen molar-refractivity contribution in [1.82, 2.24) is 9.62 Å². The summed E-state index contributed by atoms with van der Waals surface area (Å²) in [6.45, 7) is 1.47. The van der Waals surface area contributed by atoms with Crippen LogP contribution < -0.4 is 15.4 Å². The van der Waals surface area contributed by atoms with Gasteiger partial charge in [-0.3, -0.25) is 0 Å². The molecule has 1 aliphatic heterocycles. The van der Waals surface area contributed by atoms with Crippen LogP contribution in [0.15, 0.2) is 48.5 Å². The Morgan fingerprint density at radius 1 is 1.14 bits per heavy atom. The Labute approximate surface area is 165 Å². The Balaban J connectivity index is 1.50. The zero-order valence-electron chi connectivity index (χ0n) is 16.0. The predicted molar refractivity (Wildman–Crippen MR) is 109 cm³/mol. The maximum Gasteiger partial charge on any atom is 0.319 e. The number of benzene rings is 2. The molecule has 0 aliphatic carbocycles. The van der Waals surface area contributed by atoms with Crippen molar-refractivity contribution in [1.29, 1.82) is 0 Å². The molecule has 28 heavy (non-hydrogen) atoms. The molecule has 150 valence electrons. The van der Waals surface area contributed by atoms with E-state index in [0.29, 0.717) is 25.3 Å². The fourth-order valence-corrected chi connectivity index (χ4v) is 4.13. The van der Waals surface area contributed by atoms with Gasteiger partial charge in [0.2, 0.25) is 10.0 Å². The lowest BCUT2D eigenvalue weighted by molar-refractivity contribution is 0.251. The number of methoxy groups -OCH3 is 1. The summed E-state index contributed by atoms with van der Waals surface area (Å²) >= 11 is 0. The summed E-state index contributed by atoms with van der Waals surface area (Å²) in [6, 6.07) is 14.8. The minimum Gasteiger partial charge on any atom is -0.497 e. The average Bonchev–Trinajstić information content (AvgIpc) is 3.18. The first-order valence-corrected chi connectivity index (χ1v) is 10.9. The number of anilines is 1. The maximum atomic E-state index is 12.1. The second kappa shape index (κ2) is 8.62. The highest BCUT2D eigenvalue weighted by Crippen LogP contribution is 2.29. The smallest absolute Gasteiger partial charge is 0.319 e. The Hall–Kier alpha value is -2.58. The average molecular weight is 404 g/mol. The Bertz CT molecular complexity index is 911. The van der Waals surface area contributed by atoms with E-state index in [-0.39, 0.29) is 11.9 Å². The van der Waals surface area contributed by atoms with Gasteiger partial charge in [0, 0.05) is 25.3 Å². The number of rotatable bonds is 6. The molecule has 8 heteroatoms. The van der Waals surface area contributed by atoms with Crippen LogP contribution in [-0.4, -0.2) is 45.2 Å². The van der Waals surface area contributed by atoms with Gasteiger partial charge in [-0.25, -0.2) is 17.5 Å². The Morgan fingerprint density at radius 2 is 1.82 bits per heavy atom. The molecule has 2 amide bonds. The Morgan fingerprint density at radius 3 is 2.39 bits per heavy atom. The molecular formula is C20H25N3O4S. The lowest BCUT2D eigenvalue weighted by Gasteiger charge is -2.14. The van der Waals surface area contributed by atoms with Crippen molar-refractivity contribution < 1.29 is 17.9 Å². The molecule has 0 radical (unpaired) electrons. The molecule has 0 aromatic heterocycles. The van der Waals surface area contributed by atoms with Crippen molar-refractivity contribution in [2.45, 2.75) is 18.9 Å². The topological polar surface area (TPSA) is 87.7 Å². The fourth-order valence-electron chi connectivity index (χ4n) is 3.24. The highest BCUT2D eigenvalue weighted by Gasteiger charge is 2.29. The van der Waals surface area contributed by atoms with E-state index in [0.717, 1.165) is 23.3 Å². The number of ether oxygens (including phenoxy) is 1. The van der Waals surface area contributed by atoms with E-state index >= 15 is 0 Å². The van der Waals surface area contributed by atoms with Crippen LogP contribution in [0.1, 0.15) is 23.5 Å². The van der Waals surface area contributed by atoms with E-state index in [1.165, 1.54) is 10.6 Å². The van der Waals surface area contributed by atoms with Crippen molar-refractivity contribution in [2.24, 2.45) is 0 Å². The van der Waals surface area contributed by atoms with Crippen molar-refractivity contribution in [3.05, 3.63) is 59.7 Å². The molecule has 0 bridgehead atoms. The van der Waals surface area contributed by atoms with E-state index in [2.05, 4.69) is 10.6 Å². The molecule has 1 atom stereocenters. The minimum absolute atomic E-state index is 0.188. The van der Waals surface area contributed by atoms with Crippen LogP contribution in [0.5, 0.6) is 5.75 Å². The first kappa shape index (κ1) is 20.2. The molecule has 0 spiro atoms. The fraction of sp³-hybridized carbons (Fsp3) is 0.350. The van der Waals surface area contributed by atoms with Crippen molar-refractivity contribution in [2.75, 3.05) is 31.8 Å². The van der Waals surface area contributed by atoms with Gasteiger partial charge in [0.1, 0.15) is 5.75 Å². The van der Waals surface area contributed by atoms with Gasteiger partial charge in [-0.1, -0.05) is 24.3 Å². The first-order valence-electron chi connectivity index (χ1n) is 9.08. The second-order valence-corrected chi connectivity index (χ2v) is 8.87. The molecule has 0 saturated carbocycles. The molecule has 7 nitrogen and oxygen atoms in total. The number of hydrogen-bond donors (Lipinski definition) is 2.